The third kappa shape index (κ3) is 19.7. The number of rotatable bonds is 3. The van der Waals surface area contributed by atoms with E-state index in [1.807, 2.05) is 13.8 Å². The van der Waals surface area contributed by atoms with Crippen LogP contribution in [0.5, 0.6) is 0 Å². The molecule has 0 heterocycles. The smallest absolute Gasteiger partial charge is 0.303 e. The fraction of sp³-hybridized carbons (Fsp3) is 1.00. The van der Waals surface area contributed by atoms with Crippen molar-refractivity contribution >= 4 is 111 Å². The molecule has 7 heteroatoms. The zero-order valence-corrected chi connectivity index (χ0v) is 14.6. The van der Waals surface area contributed by atoms with Gasteiger partial charge in [0.1, 0.15) is 0 Å². The molecule has 0 spiro atoms. The monoisotopic (exact) mass is 232 g/mol. The van der Waals surface area contributed by atoms with E-state index in [4.69, 9.17) is 9.79 Å². The van der Waals surface area contributed by atoms with Crippen molar-refractivity contribution in [2.24, 2.45) is 5.92 Å². The average Bonchev–Trinajstić information content (AvgIpc) is 1.59. The van der Waals surface area contributed by atoms with Crippen LogP contribution >= 0.6 is 7.82 Å². The van der Waals surface area contributed by atoms with Crippen LogP contribution in [0.3, 0.4) is 0 Å². The van der Waals surface area contributed by atoms with Crippen molar-refractivity contribution in [2.45, 2.75) is 13.8 Å². The van der Waals surface area contributed by atoms with E-state index < -0.39 is 7.82 Å². The van der Waals surface area contributed by atoms with E-state index in [1.54, 1.807) is 0 Å². The van der Waals surface area contributed by atoms with E-state index in [0.29, 0.717) is 0 Å². The van der Waals surface area contributed by atoms with Gasteiger partial charge in [-0.15, -0.1) is 0 Å². The van der Waals surface area contributed by atoms with Crippen LogP contribution < -0.4 is 0 Å². The maximum absolute atomic E-state index is 10.0. The van der Waals surface area contributed by atoms with Gasteiger partial charge in [0.2, 0.25) is 0 Å². The molecule has 0 unspecified atom stereocenters. The molecular weight excluding hydrogens is 221 g/mol. The summed E-state index contributed by atoms with van der Waals surface area (Å²) in [6.45, 7) is 3.73. The van der Waals surface area contributed by atoms with Gasteiger partial charge in [-0.25, -0.2) is 4.57 Å². The van der Waals surface area contributed by atoms with Crippen LogP contribution in [-0.2, 0) is 9.09 Å². The maximum Gasteiger partial charge on any atom is 0.469 e. The summed E-state index contributed by atoms with van der Waals surface area (Å²) in [6, 6.07) is 0. The second-order valence-corrected chi connectivity index (χ2v) is 3.42. The van der Waals surface area contributed by atoms with Gasteiger partial charge in [0.15, 0.2) is 0 Å². The fourth-order valence-electron chi connectivity index (χ4n) is 0.246. The molecule has 0 aliphatic carbocycles. The Labute approximate surface area is 152 Å². The predicted molar refractivity (Wildman–Crippen MR) is 44.3 cm³/mol. The van der Waals surface area contributed by atoms with Crippen LogP contribution in [-0.4, -0.2) is 119 Å². The Morgan fingerprint density at radius 2 is 1.73 bits per heavy atom. The summed E-state index contributed by atoms with van der Waals surface area (Å²) in [5, 5.41) is 0. The quantitative estimate of drug-likeness (QED) is 0.530. The van der Waals surface area contributed by atoms with Crippen molar-refractivity contribution in [3.8, 4) is 0 Å². The molecule has 0 aromatic heterocycles. The molecule has 0 aliphatic rings. The zero-order chi connectivity index (χ0) is 7.49. The molecule has 0 rings (SSSR count). The van der Waals surface area contributed by atoms with Gasteiger partial charge in [0, 0.05) is 103 Å². The molecule has 0 atom stereocenters. The summed E-state index contributed by atoms with van der Waals surface area (Å²) in [5.74, 6) is 0.151. The Hall–Kier alpha value is 3.38. The van der Waals surface area contributed by atoms with E-state index in [-0.39, 0.29) is 115 Å². The first-order chi connectivity index (χ1) is 3.92. The molecule has 4 nitrogen and oxygen atoms in total. The fourth-order valence-corrected chi connectivity index (χ4v) is 0.739. The molecule has 2 N–H and O–H groups in total. The second-order valence-electron chi connectivity index (χ2n) is 2.18. The summed E-state index contributed by atoms with van der Waals surface area (Å²) in [6.07, 6.45) is 0. The van der Waals surface area contributed by atoms with Gasteiger partial charge in [-0.3, -0.25) is 4.52 Å². The van der Waals surface area contributed by atoms with Crippen LogP contribution in [0.25, 0.3) is 0 Å². The number of hydrogen-bond acceptors (Lipinski definition) is 2. The van der Waals surface area contributed by atoms with Gasteiger partial charge in [-0.2, -0.15) is 0 Å². The molecule has 0 saturated carbocycles. The van der Waals surface area contributed by atoms with Crippen molar-refractivity contribution in [1.82, 2.24) is 0 Å². The Morgan fingerprint density at radius 3 is 1.82 bits per heavy atom. The van der Waals surface area contributed by atoms with E-state index in [9.17, 15) is 4.57 Å². The molecule has 0 aromatic carbocycles. The van der Waals surface area contributed by atoms with Crippen LogP contribution in [0.2, 0.25) is 0 Å². The second kappa shape index (κ2) is 9.92. The molecule has 0 bridgehead atoms. The first-order valence-corrected chi connectivity index (χ1v) is 4.15. The molecule has 0 fully saturated rings. The van der Waals surface area contributed by atoms with Gasteiger partial charge >= 0.3 is 7.82 Å². The largest absolute Gasteiger partial charge is 0.469 e. The minimum absolute atomic E-state index is 0. The van der Waals surface area contributed by atoms with E-state index >= 15 is 0 Å². The molecule has 0 amide bonds. The summed E-state index contributed by atoms with van der Waals surface area (Å²) in [7, 11) is -4.22. The van der Waals surface area contributed by atoms with Gasteiger partial charge in [-0.05, 0) is 5.92 Å². The van der Waals surface area contributed by atoms with Crippen molar-refractivity contribution in [2.75, 3.05) is 6.61 Å². The Kier molecular flexibility index (Phi) is 17.9. The third-order valence-corrected chi connectivity index (χ3v) is 1.06. The van der Waals surface area contributed by atoms with Crippen molar-refractivity contribution in [3.63, 3.8) is 0 Å². The standard InChI is InChI=1S/C4H11O4P.2K/c1-4(2)3-8-9(5,6)7;;/h4H,3H2,1-2H3,(H2,5,6,7);;. The van der Waals surface area contributed by atoms with Crippen LogP contribution in [0.15, 0.2) is 0 Å². The zero-order valence-electron chi connectivity index (χ0n) is 7.44. The SMILES string of the molecule is CC(C)COP(=O)(O)O.[K].[K]. The van der Waals surface area contributed by atoms with Gasteiger partial charge in [-0.1, -0.05) is 13.8 Å². The van der Waals surface area contributed by atoms with E-state index in [2.05, 4.69) is 4.52 Å². The van der Waals surface area contributed by atoms with Gasteiger partial charge < -0.3 is 9.79 Å². The Bertz CT molecular complexity index is 123. The molecule has 2 radical (unpaired) electrons. The Balaban J connectivity index is -0.000000320. The number of phosphoric ester groups is 1. The van der Waals surface area contributed by atoms with Gasteiger partial charge in [0.25, 0.3) is 0 Å². The molecule has 11 heavy (non-hydrogen) atoms. The van der Waals surface area contributed by atoms with E-state index in [0.717, 1.165) is 0 Å². The first kappa shape index (κ1) is 19.9. The van der Waals surface area contributed by atoms with Crippen LogP contribution in [0.1, 0.15) is 13.8 Å². The summed E-state index contributed by atoms with van der Waals surface area (Å²) >= 11 is 0. The third-order valence-electron chi connectivity index (χ3n) is 0.576. The maximum atomic E-state index is 10.0. The molecule has 0 aliphatic heterocycles. The topological polar surface area (TPSA) is 66.8 Å². The molecule has 0 saturated heterocycles. The molecule has 0 aromatic rings. The van der Waals surface area contributed by atoms with Crippen molar-refractivity contribution < 1.29 is 18.9 Å². The molecular formula is C4H11K2O4P. The Morgan fingerprint density at radius 1 is 1.36 bits per heavy atom. The van der Waals surface area contributed by atoms with Crippen molar-refractivity contribution in [1.29, 1.82) is 0 Å². The average molecular weight is 232 g/mol. The predicted octanol–water partition coefficient (Wildman–Crippen LogP) is -0.00990. The van der Waals surface area contributed by atoms with Crippen molar-refractivity contribution in [3.05, 3.63) is 0 Å². The number of hydrogen-bond donors (Lipinski definition) is 2. The van der Waals surface area contributed by atoms with Gasteiger partial charge in [0.05, 0.1) is 6.61 Å². The minimum Gasteiger partial charge on any atom is -0.303 e. The van der Waals surface area contributed by atoms with E-state index in [1.165, 1.54) is 0 Å². The molecule has 58 valence electrons. The normalized spacial score (nSPS) is 10.3. The van der Waals surface area contributed by atoms with Crippen LogP contribution in [0.4, 0.5) is 0 Å². The van der Waals surface area contributed by atoms with Crippen LogP contribution in [0, 0.1) is 5.92 Å². The summed E-state index contributed by atoms with van der Waals surface area (Å²) < 4.78 is 14.2. The first-order valence-electron chi connectivity index (χ1n) is 2.62. The summed E-state index contributed by atoms with van der Waals surface area (Å²) in [4.78, 5) is 16.3. The number of phosphoric acid groups is 1. The minimum atomic E-state index is -4.22. The summed E-state index contributed by atoms with van der Waals surface area (Å²) in [5.41, 5.74) is 0.